The molecule has 1 aliphatic heterocycles. The molecular formula is C20H25N5O3. The van der Waals surface area contributed by atoms with Gasteiger partial charge in [0.15, 0.2) is 0 Å². The van der Waals surface area contributed by atoms with Crippen LogP contribution in [0.4, 0.5) is 4.79 Å². The molecule has 4 rings (SSSR count). The number of carbonyl (C=O) groups excluding carboxylic acids is 3. The minimum absolute atomic E-state index is 0.240. The average molecular weight is 383 g/mol. The molecule has 0 unspecified atom stereocenters. The van der Waals surface area contributed by atoms with E-state index in [-0.39, 0.29) is 18.4 Å². The summed E-state index contributed by atoms with van der Waals surface area (Å²) < 4.78 is 2.04. The predicted octanol–water partition coefficient (Wildman–Crippen LogP) is 1.72. The molecule has 1 saturated carbocycles. The number of benzene rings is 1. The number of para-hydroxylation sites is 2. The largest absolute Gasteiger partial charge is 0.353 e. The molecular weight excluding hydrogens is 358 g/mol. The fourth-order valence-electron chi connectivity index (χ4n) is 4.30. The van der Waals surface area contributed by atoms with Crippen LogP contribution in [-0.4, -0.2) is 50.9 Å². The summed E-state index contributed by atoms with van der Waals surface area (Å²) in [7, 11) is 0. The zero-order chi connectivity index (χ0) is 19.7. The van der Waals surface area contributed by atoms with E-state index in [1.54, 1.807) is 0 Å². The Morgan fingerprint density at radius 3 is 2.75 bits per heavy atom. The highest BCUT2D eigenvalue weighted by Crippen LogP contribution is 2.33. The van der Waals surface area contributed by atoms with Crippen LogP contribution in [0.15, 0.2) is 24.3 Å². The number of hydrogen-bond donors (Lipinski definition) is 2. The Bertz CT molecular complexity index is 929. The number of nitrogens with zero attached hydrogens (tertiary/aromatic N) is 3. The van der Waals surface area contributed by atoms with Crippen molar-refractivity contribution < 1.29 is 14.4 Å². The number of urea groups is 1. The highest BCUT2D eigenvalue weighted by Gasteiger charge is 2.51. The molecule has 2 aromatic rings. The van der Waals surface area contributed by atoms with Crippen molar-refractivity contribution in [2.24, 2.45) is 0 Å². The third-order valence-corrected chi connectivity index (χ3v) is 5.76. The van der Waals surface area contributed by atoms with Gasteiger partial charge in [-0.15, -0.1) is 0 Å². The van der Waals surface area contributed by atoms with Crippen molar-refractivity contribution in [3.8, 4) is 0 Å². The molecule has 0 bridgehead atoms. The molecule has 8 nitrogen and oxygen atoms in total. The number of aromatic nitrogens is 2. The molecule has 4 amide bonds. The minimum atomic E-state index is -0.789. The van der Waals surface area contributed by atoms with Crippen molar-refractivity contribution in [2.75, 3.05) is 13.1 Å². The van der Waals surface area contributed by atoms with E-state index >= 15 is 0 Å². The number of rotatable bonds is 5. The molecule has 28 heavy (non-hydrogen) atoms. The van der Waals surface area contributed by atoms with Crippen LogP contribution in [0, 0.1) is 6.92 Å². The van der Waals surface area contributed by atoms with E-state index < -0.39 is 11.6 Å². The summed E-state index contributed by atoms with van der Waals surface area (Å²) in [4.78, 5) is 42.9. The lowest BCUT2D eigenvalue weighted by Crippen LogP contribution is -2.49. The molecule has 148 valence electrons. The van der Waals surface area contributed by atoms with Crippen molar-refractivity contribution in [3.63, 3.8) is 0 Å². The fourth-order valence-corrected chi connectivity index (χ4v) is 4.30. The number of fused-ring (bicyclic) bond motifs is 1. The van der Waals surface area contributed by atoms with Crippen molar-refractivity contribution in [1.29, 1.82) is 0 Å². The predicted molar refractivity (Wildman–Crippen MR) is 104 cm³/mol. The Morgan fingerprint density at radius 1 is 1.21 bits per heavy atom. The second-order valence-electron chi connectivity index (χ2n) is 7.61. The molecule has 1 aromatic carbocycles. The van der Waals surface area contributed by atoms with E-state index in [9.17, 15) is 14.4 Å². The molecule has 8 heteroatoms. The maximum atomic E-state index is 12.7. The summed E-state index contributed by atoms with van der Waals surface area (Å²) in [5, 5.41) is 5.64. The van der Waals surface area contributed by atoms with Gasteiger partial charge < -0.3 is 15.2 Å². The first-order valence-electron chi connectivity index (χ1n) is 9.83. The van der Waals surface area contributed by atoms with Crippen LogP contribution >= 0.6 is 0 Å². The van der Waals surface area contributed by atoms with Gasteiger partial charge in [-0.2, -0.15) is 0 Å². The Morgan fingerprint density at radius 2 is 1.96 bits per heavy atom. The second kappa shape index (κ2) is 7.26. The van der Waals surface area contributed by atoms with Gasteiger partial charge in [0.1, 0.15) is 17.9 Å². The van der Waals surface area contributed by atoms with Gasteiger partial charge in [0.25, 0.3) is 5.91 Å². The minimum Gasteiger partial charge on any atom is -0.353 e. The van der Waals surface area contributed by atoms with Gasteiger partial charge in [0, 0.05) is 13.1 Å². The zero-order valence-electron chi connectivity index (χ0n) is 16.0. The van der Waals surface area contributed by atoms with E-state index in [2.05, 4.69) is 15.6 Å². The zero-order valence-corrected chi connectivity index (χ0v) is 16.0. The third-order valence-electron chi connectivity index (χ3n) is 5.76. The molecule has 2 N–H and O–H groups in total. The Labute approximate surface area is 163 Å². The maximum absolute atomic E-state index is 12.7. The molecule has 1 spiro atoms. The summed E-state index contributed by atoms with van der Waals surface area (Å²) in [6.45, 7) is 2.66. The number of imidazole rings is 1. The lowest BCUT2D eigenvalue weighted by Gasteiger charge is -2.30. The molecule has 1 aliphatic carbocycles. The van der Waals surface area contributed by atoms with Gasteiger partial charge >= 0.3 is 6.03 Å². The number of hydrogen-bond acceptors (Lipinski definition) is 4. The average Bonchev–Trinajstić information content (AvgIpc) is 3.11. The molecule has 2 fully saturated rings. The van der Waals surface area contributed by atoms with Crippen molar-refractivity contribution in [2.45, 2.75) is 51.1 Å². The Kier molecular flexibility index (Phi) is 4.78. The van der Waals surface area contributed by atoms with Crippen molar-refractivity contribution in [3.05, 3.63) is 30.1 Å². The van der Waals surface area contributed by atoms with Crippen molar-refractivity contribution >= 4 is 28.9 Å². The first kappa shape index (κ1) is 18.5. The van der Waals surface area contributed by atoms with Crippen LogP contribution in [0.25, 0.3) is 11.0 Å². The van der Waals surface area contributed by atoms with Crippen LogP contribution in [0.3, 0.4) is 0 Å². The molecule has 2 heterocycles. The van der Waals surface area contributed by atoms with Crippen LogP contribution in [0.5, 0.6) is 0 Å². The highest BCUT2D eigenvalue weighted by atomic mass is 16.2. The quantitative estimate of drug-likeness (QED) is 0.769. The van der Waals surface area contributed by atoms with E-state index in [0.29, 0.717) is 25.9 Å². The summed E-state index contributed by atoms with van der Waals surface area (Å²) in [6.07, 6.45) is 4.23. The highest BCUT2D eigenvalue weighted by molar-refractivity contribution is 6.09. The monoisotopic (exact) mass is 383 g/mol. The first-order chi connectivity index (χ1) is 13.5. The van der Waals surface area contributed by atoms with E-state index in [1.807, 2.05) is 35.8 Å². The van der Waals surface area contributed by atoms with E-state index in [1.165, 1.54) is 0 Å². The number of aryl methyl sites for hydroxylation is 1. The molecule has 0 atom stereocenters. The molecule has 0 radical (unpaired) electrons. The van der Waals surface area contributed by atoms with Crippen LogP contribution in [0.1, 0.15) is 37.9 Å². The summed E-state index contributed by atoms with van der Waals surface area (Å²) in [5.41, 5.74) is 1.15. The van der Waals surface area contributed by atoms with Gasteiger partial charge in [-0.25, -0.2) is 9.78 Å². The smallest absolute Gasteiger partial charge is 0.325 e. The maximum Gasteiger partial charge on any atom is 0.325 e. The first-order valence-corrected chi connectivity index (χ1v) is 9.83. The van der Waals surface area contributed by atoms with E-state index in [0.717, 1.165) is 41.0 Å². The second-order valence-corrected chi connectivity index (χ2v) is 7.61. The fraction of sp³-hybridized carbons (Fsp3) is 0.500. The lowest BCUT2D eigenvalue weighted by molar-refractivity contribution is -0.135. The van der Waals surface area contributed by atoms with Gasteiger partial charge in [-0.3, -0.25) is 14.5 Å². The van der Waals surface area contributed by atoms with Gasteiger partial charge in [0.2, 0.25) is 5.91 Å². The van der Waals surface area contributed by atoms with Crippen LogP contribution in [-0.2, 0) is 16.1 Å². The Hall–Kier alpha value is -2.90. The summed E-state index contributed by atoms with van der Waals surface area (Å²) >= 11 is 0. The van der Waals surface area contributed by atoms with E-state index in [4.69, 9.17) is 0 Å². The molecule has 1 aromatic heterocycles. The number of nitrogens with one attached hydrogen (secondary N) is 2. The third kappa shape index (κ3) is 3.23. The number of amides is 4. The summed E-state index contributed by atoms with van der Waals surface area (Å²) in [5.74, 6) is 0.283. The SMILES string of the molecule is Cc1nc2ccccc2n1CCNC(=O)CN1C(=O)NC2(CCCCC2)C1=O. The molecule has 1 saturated heterocycles. The van der Waals surface area contributed by atoms with Gasteiger partial charge in [-0.1, -0.05) is 31.4 Å². The van der Waals surface area contributed by atoms with Crippen LogP contribution < -0.4 is 10.6 Å². The van der Waals surface area contributed by atoms with Gasteiger partial charge in [0.05, 0.1) is 11.0 Å². The Balaban J connectivity index is 1.34. The topological polar surface area (TPSA) is 96.3 Å². The van der Waals surface area contributed by atoms with Gasteiger partial charge in [-0.05, 0) is 31.9 Å². The molecule has 2 aliphatic rings. The van der Waals surface area contributed by atoms with Crippen LogP contribution in [0.2, 0.25) is 0 Å². The number of carbonyl (C=O) groups is 3. The van der Waals surface area contributed by atoms with Crippen molar-refractivity contribution in [1.82, 2.24) is 25.1 Å². The standard InChI is InChI=1S/C20H25N5O3/c1-14-22-15-7-3-4-8-16(15)24(14)12-11-21-17(26)13-25-18(27)20(23-19(25)28)9-5-2-6-10-20/h3-4,7-8H,2,5-6,9-13H2,1H3,(H,21,26)(H,23,28). The summed E-state index contributed by atoms with van der Waals surface area (Å²) in [6, 6.07) is 7.39. The normalized spacial score (nSPS) is 18.7. The number of imide groups is 1. The lowest BCUT2D eigenvalue weighted by atomic mass is 9.82.